The second-order valence-electron chi connectivity index (χ2n) is 8.52. The molecule has 150 valence electrons. The van der Waals surface area contributed by atoms with Crippen LogP contribution in [-0.4, -0.2) is 32.1 Å². The first-order valence-corrected chi connectivity index (χ1v) is 10.3. The second kappa shape index (κ2) is 9.13. The van der Waals surface area contributed by atoms with Gasteiger partial charge in [0.05, 0.1) is 0 Å². The summed E-state index contributed by atoms with van der Waals surface area (Å²) in [5.41, 5.74) is 3.90. The number of carbonyl (C=O) groups is 1. The van der Waals surface area contributed by atoms with Crippen LogP contribution in [0.3, 0.4) is 0 Å². The van der Waals surface area contributed by atoms with Crippen LogP contribution in [0, 0.1) is 0 Å². The van der Waals surface area contributed by atoms with Crippen molar-refractivity contribution in [2.24, 2.45) is 0 Å². The Kier molecular flexibility index (Phi) is 6.61. The molecule has 1 heterocycles. The second-order valence-corrected chi connectivity index (χ2v) is 8.52. The van der Waals surface area contributed by atoms with Gasteiger partial charge in [0.25, 0.3) is 5.91 Å². The van der Waals surface area contributed by atoms with Crippen LogP contribution < -0.4 is 15.0 Å². The predicted octanol–water partition coefficient (Wildman–Crippen LogP) is 4.32. The molecule has 1 N–H and O–H groups in total. The fourth-order valence-corrected chi connectivity index (χ4v) is 3.45. The highest BCUT2D eigenvalue weighted by molar-refractivity contribution is 5.77. The van der Waals surface area contributed by atoms with Gasteiger partial charge in [-0.15, -0.1) is 0 Å². The number of anilines is 1. The van der Waals surface area contributed by atoms with Crippen LogP contribution in [0.4, 0.5) is 5.69 Å². The van der Waals surface area contributed by atoms with E-state index in [0.29, 0.717) is 6.54 Å². The van der Waals surface area contributed by atoms with Crippen molar-refractivity contribution >= 4 is 11.6 Å². The summed E-state index contributed by atoms with van der Waals surface area (Å²) >= 11 is 0. The summed E-state index contributed by atoms with van der Waals surface area (Å²) in [5.74, 6) is 0.634. The Balaban J connectivity index is 1.37. The van der Waals surface area contributed by atoms with E-state index in [1.54, 1.807) is 0 Å². The van der Waals surface area contributed by atoms with Crippen LogP contribution in [0.15, 0.2) is 48.5 Å². The van der Waals surface area contributed by atoms with Crippen LogP contribution in [0.25, 0.3) is 0 Å². The molecule has 4 nitrogen and oxygen atoms in total. The first kappa shape index (κ1) is 20.2. The monoisotopic (exact) mass is 380 g/mol. The number of amides is 1. The molecule has 1 saturated heterocycles. The van der Waals surface area contributed by atoms with E-state index in [1.807, 2.05) is 12.1 Å². The Morgan fingerprint density at radius 2 is 1.64 bits per heavy atom. The van der Waals surface area contributed by atoms with Gasteiger partial charge in [-0.2, -0.15) is 0 Å². The van der Waals surface area contributed by atoms with Gasteiger partial charge in [-0.05, 0) is 60.1 Å². The lowest BCUT2D eigenvalue weighted by Crippen LogP contribution is -2.30. The topological polar surface area (TPSA) is 41.6 Å². The van der Waals surface area contributed by atoms with Crippen LogP contribution >= 0.6 is 0 Å². The molecule has 1 amide bonds. The molecule has 0 bridgehead atoms. The van der Waals surface area contributed by atoms with Crippen molar-refractivity contribution in [3.63, 3.8) is 0 Å². The third kappa shape index (κ3) is 5.75. The van der Waals surface area contributed by atoms with Crippen LogP contribution in [0.1, 0.15) is 44.7 Å². The van der Waals surface area contributed by atoms with E-state index in [0.717, 1.165) is 25.3 Å². The quantitative estimate of drug-likeness (QED) is 0.778. The highest BCUT2D eigenvalue weighted by atomic mass is 16.5. The van der Waals surface area contributed by atoms with E-state index in [9.17, 15) is 4.79 Å². The Labute approximate surface area is 168 Å². The number of benzene rings is 2. The maximum atomic E-state index is 12.0. The molecule has 0 aromatic heterocycles. The average molecular weight is 381 g/mol. The van der Waals surface area contributed by atoms with Crippen molar-refractivity contribution in [3.8, 4) is 5.75 Å². The van der Waals surface area contributed by atoms with Crippen LogP contribution in [-0.2, 0) is 16.6 Å². The van der Waals surface area contributed by atoms with Gasteiger partial charge in [0, 0.05) is 25.3 Å². The molecular formula is C24H32N2O2. The third-order valence-electron chi connectivity index (χ3n) is 5.23. The van der Waals surface area contributed by atoms with Crippen molar-refractivity contribution in [1.29, 1.82) is 0 Å². The van der Waals surface area contributed by atoms with Crippen LogP contribution in [0.5, 0.6) is 5.75 Å². The Morgan fingerprint density at radius 3 is 2.25 bits per heavy atom. The SMILES string of the molecule is CC(C)(C)c1ccc(OCC(=O)NCCc2ccc(N3CCCC3)cc2)cc1. The fourth-order valence-electron chi connectivity index (χ4n) is 3.45. The minimum absolute atomic E-state index is 0.0444. The molecular weight excluding hydrogens is 348 g/mol. The largest absolute Gasteiger partial charge is 0.484 e. The summed E-state index contributed by atoms with van der Waals surface area (Å²) < 4.78 is 5.59. The van der Waals surface area contributed by atoms with Gasteiger partial charge in [0.1, 0.15) is 5.75 Å². The lowest BCUT2D eigenvalue weighted by atomic mass is 9.87. The molecule has 28 heavy (non-hydrogen) atoms. The van der Waals surface area contributed by atoms with Gasteiger partial charge in [0.2, 0.25) is 0 Å². The number of nitrogens with zero attached hydrogens (tertiary/aromatic N) is 1. The van der Waals surface area contributed by atoms with Gasteiger partial charge in [0.15, 0.2) is 6.61 Å². The molecule has 0 saturated carbocycles. The molecule has 3 rings (SSSR count). The average Bonchev–Trinajstić information content (AvgIpc) is 3.21. The minimum atomic E-state index is -0.0893. The summed E-state index contributed by atoms with van der Waals surface area (Å²) in [6, 6.07) is 16.7. The highest BCUT2D eigenvalue weighted by Crippen LogP contribution is 2.24. The summed E-state index contributed by atoms with van der Waals surface area (Å²) in [5, 5.41) is 2.93. The molecule has 4 heteroatoms. The zero-order chi connectivity index (χ0) is 20.0. The van der Waals surface area contributed by atoms with Gasteiger partial charge in [-0.1, -0.05) is 45.0 Å². The van der Waals surface area contributed by atoms with Crippen molar-refractivity contribution in [2.75, 3.05) is 31.1 Å². The molecule has 0 spiro atoms. The van der Waals surface area contributed by atoms with E-state index in [-0.39, 0.29) is 17.9 Å². The van der Waals surface area contributed by atoms with Crippen LogP contribution in [0.2, 0.25) is 0 Å². The minimum Gasteiger partial charge on any atom is -0.484 e. The molecule has 2 aromatic carbocycles. The lowest BCUT2D eigenvalue weighted by molar-refractivity contribution is -0.123. The van der Waals surface area contributed by atoms with Crippen molar-refractivity contribution in [1.82, 2.24) is 5.32 Å². The normalized spacial score (nSPS) is 14.2. The summed E-state index contributed by atoms with van der Waals surface area (Å²) in [7, 11) is 0. The standard InChI is InChI=1S/C24H32N2O2/c1-24(2,3)20-8-12-22(13-9-20)28-18-23(27)25-15-14-19-6-10-21(11-7-19)26-16-4-5-17-26/h6-13H,4-5,14-18H2,1-3H3,(H,25,27). The van der Waals surface area contributed by atoms with Gasteiger partial charge in [-0.3, -0.25) is 4.79 Å². The van der Waals surface area contributed by atoms with E-state index in [1.165, 1.54) is 29.7 Å². The molecule has 0 radical (unpaired) electrons. The van der Waals surface area contributed by atoms with Gasteiger partial charge < -0.3 is 15.0 Å². The molecule has 1 fully saturated rings. The first-order chi connectivity index (χ1) is 13.4. The predicted molar refractivity (Wildman–Crippen MR) is 115 cm³/mol. The smallest absolute Gasteiger partial charge is 0.257 e. The number of ether oxygens (including phenoxy) is 1. The van der Waals surface area contributed by atoms with Gasteiger partial charge >= 0.3 is 0 Å². The number of hydrogen-bond acceptors (Lipinski definition) is 3. The lowest BCUT2D eigenvalue weighted by Gasteiger charge is -2.19. The first-order valence-electron chi connectivity index (χ1n) is 10.3. The van der Waals surface area contributed by atoms with Crippen molar-refractivity contribution in [3.05, 3.63) is 59.7 Å². The maximum Gasteiger partial charge on any atom is 0.257 e. The summed E-state index contributed by atoms with van der Waals surface area (Å²) in [4.78, 5) is 14.4. The fraction of sp³-hybridized carbons (Fsp3) is 0.458. The summed E-state index contributed by atoms with van der Waals surface area (Å²) in [6.45, 7) is 9.52. The van der Waals surface area contributed by atoms with E-state index < -0.39 is 0 Å². The number of hydrogen-bond donors (Lipinski definition) is 1. The van der Waals surface area contributed by atoms with Crippen molar-refractivity contribution in [2.45, 2.75) is 45.4 Å². The maximum absolute atomic E-state index is 12.0. The zero-order valence-electron chi connectivity index (χ0n) is 17.3. The number of carbonyl (C=O) groups excluding carboxylic acids is 1. The van der Waals surface area contributed by atoms with Crippen molar-refractivity contribution < 1.29 is 9.53 Å². The van der Waals surface area contributed by atoms with E-state index in [4.69, 9.17) is 4.74 Å². The third-order valence-corrected chi connectivity index (χ3v) is 5.23. The zero-order valence-corrected chi connectivity index (χ0v) is 17.3. The Morgan fingerprint density at radius 1 is 1.00 bits per heavy atom. The molecule has 0 aliphatic carbocycles. The highest BCUT2D eigenvalue weighted by Gasteiger charge is 2.13. The molecule has 1 aliphatic heterocycles. The number of nitrogens with one attached hydrogen (secondary N) is 1. The molecule has 1 aliphatic rings. The molecule has 2 aromatic rings. The molecule has 0 unspecified atom stereocenters. The summed E-state index contributed by atoms with van der Waals surface area (Å²) in [6.07, 6.45) is 3.40. The number of rotatable bonds is 7. The Hall–Kier alpha value is -2.49. The molecule has 0 atom stereocenters. The van der Waals surface area contributed by atoms with Gasteiger partial charge in [-0.25, -0.2) is 0 Å². The van der Waals surface area contributed by atoms with E-state index >= 15 is 0 Å². The Bertz CT molecular complexity index is 755. The van der Waals surface area contributed by atoms with E-state index in [2.05, 4.69) is 67.4 Å².